The molecule has 0 heterocycles. The van der Waals surface area contributed by atoms with Gasteiger partial charge in [-0.25, -0.2) is 0 Å². The fourth-order valence-electron chi connectivity index (χ4n) is 3.33. The molecule has 0 aliphatic heterocycles. The first-order valence-electron chi connectivity index (χ1n) is 8.27. The molecule has 0 radical (unpaired) electrons. The monoisotopic (exact) mass is 309 g/mol. The Morgan fingerprint density at radius 1 is 0.957 bits per heavy atom. The molecule has 3 heteroatoms. The van der Waals surface area contributed by atoms with Crippen LogP contribution in [0.3, 0.4) is 0 Å². The first-order valence-corrected chi connectivity index (χ1v) is 8.27. The van der Waals surface area contributed by atoms with E-state index < -0.39 is 6.10 Å². The van der Waals surface area contributed by atoms with Crippen molar-refractivity contribution in [2.24, 2.45) is 0 Å². The topological polar surface area (TPSA) is 40.5 Å². The van der Waals surface area contributed by atoms with Gasteiger partial charge in [-0.1, -0.05) is 55.3 Å². The van der Waals surface area contributed by atoms with Gasteiger partial charge in [-0.2, -0.15) is 0 Å². The number of aliphatic hydroxyl groups excluding tert-OH is 1. The number of benzene rings is 2. The Labute approximate surface area is 137 Å². The zero-order chi connectivity index (χ0) is 16.2. The maximum absolute atomic E-state index is 12.7. The Bertz CT molecular complexity index is 651. The van der Waals surface area contributed by atoms with Crippen molar-refractivity contribution in [3.8, 4) is 11.1 Å². The molecular formula is C20H23NO2. The normalized spacial score (nSPS) is 21.0. The summed E-state index contributed by atoms with van der Waals surface area (Å²) < 4.78 is 0. The molecule has 0 aromatic heterocycles. The van der Waals surface area contributed by atoms with E-state index in [0.29, 0.717) is 5.56 Å². The summed E-state index contributed by atoms with van der Waals surface area (Å²) in [5.41, 5.74) is 2.91. The molecule has 0 saturated heterocycles. The van der Waals surface area contributed by atoms with Crippen LogP contribution in [0, 0.1) is 0 Å². The molecule has 3 nitrogen and oxygen atoms in total. The molecule has 1 N–H and O–H groups in total. The summed E-state index contributed by atoms with van der Waals surface area (Å²) in [5.74, 6) is -0.0180. The predicted molar refractivity (Wildman–Crippen MR) is 92.2 cm³/mol. The number of carbonyl (C=O) groups is 1. The maximum Gasteiger partial charge on any atom is 0.253 e. The van der Waals surface area contributed by atoms with Crippen LogP contribution in [-0.2, 0) is 0 Å². The molecule has 2 aromatic rings. The summed E-state index contributed by atoms with van der Waals surface area (Å²) >= 11 is 0. The molecule has 23 heavy (non-hydrogen) atoms. The Morgan fingerprint density at radius 2 is 1.57 bits per heavy atom. The van der Waals surface area contributed by atoms with Gasteiger partial charge in [-0.3, -0.25) is 4.79 Å². The number of nitrogens with zero attached hydrogens (tertiary/aromatic N) is 1. The maximum atomic E-state index is 12.7. The molecule has 0 unspecified atom stereocenters. The zero-order valence-corrected chi connectivity index (χ0v) is 13.5. The lowest BCUT2D eigenvalue weighted by Crippen LogP contribution is -2.46. The molecule has 0 bridgehead atoms. The second-order valence-electron chi connectivity index (χ2n) is 6.28. The van der Waals surface area contributed by atoms with Gasteiger partial charge in [0.1, 0.15) is 0 Å². The van der Waals surface area contributed by atoms with Crippen molar-refractivity contribution in [2.75, 3.05) is 7.05 Å². The van der Waals surface area contributed by atoms with E-state index >= 15 is 0 Å². The van der Waals surface area contributed by atoms with Crippen LogP contribution in [0.2, 0.25) is 0 Å². The molecule has 1 aliphatic rings. The smallest absolute Gasteiger partial charge is 0.253 e. The molecule has 1 aliphatic carbocycles. The lowest BCUT2D eigenvalue weighted by atomic mass is 9.91. The van der Waals surface area contributed by atoms with Crippen LogP contribution in [0.5, 0.6) is 0 Å². The molecule has 2 atom stereocenters. The summed E-state index contributed by atoms with van der Waals surface area (Å²) in [6.45, 7) is 0. The number of rotatable bonds is 3. The molecule has 120 valence electrons. The number of hydrogen-bond acceptors (Lipinski definition) is 2. The van der Waals surface area contributed by atoms with E-state index in [9.17, 15) is 9.90 Å². The molecule has 1 amide bonds. The molecule has 1 saturated carbocycles. The Balaban J connectivity index is 1.75. The highest BCUT2D eigenvalue weighted by Crippen LogP contribution is 2.24. The van der Waals surface area contributed by atoms with Crippen LogP contribution in [0.25, 0.3) is 11.1 Å². The minimum Gasteiger partial charge on any atom is -0.391 e. The van der Waals surface area contributed by atoms with Gasteiger partial charge in [0.15, 0.2) is 0 Å². The van der Waals surface area contributed by atoms with Gasteiger partial charge in [0.25, 0.3) is 5.91 Å². The van der Waals surface area contributed by atoms with Crippen LogP contribution in [0.15, 0.2) is 54.6 Å². The summed E-state index contributed by atoms with van der Waals surface area (Å²) in [4.78, 5) is 14.4. The van der Waals surface area contributed by atoms with Crippen molar-refractivity contribution < 1.29 is 9.90 Å². The molecular weight excluding hydrogens is 286 g/mol. The van der Waals surface area contributed by atoms with Crippen LogP contribution in [0.1, 0.15) is 36.0 Å². The third-order valence-corrected chi connectivity index (χ3v) is 4.75. The van der Waals surface area contributed by atoms with Crippen molar-refractivity contribution in [1.29, 1.82) is 0 Å². The third-order valence-electron chi connectivity index (χ3n) is 4.75. The van der Waals surface area contributed by atoms with E-state index in [-0.39, 0.29) is 11.9 Å². The number of hydrogen-bond donors (Lipinski definition) is 1. The van der Waals surface area contributed by atoms with E-state index in [2.05, 4.69) is 12.1 Å². The van der Waals surface area contributed by atoms with Gasteiger partial charge in [0.2, 0.25) is 0 Å². The van der Waals surface area contributed by atoms with Crippen molar-refractivity contribution in [3.05, 3.63) is 60.2 Å². The van der Waals surface area contributed by atoms with Gasteiger partial charge in [-0.05, 0) is 36.1 Å². The van der Waals surface area contributed by atoms with Crippen LogP contribution >= 0.6 is 0 Å². The fourth-order valence-corrected chi connectivity index (χ4v) is 3.33. The second-order valence-corrected chi connectivity index (χ2v) is 6.28. The highest BCUT2D eigenvalue weighted by Gasteiger charge is 2.29. The number of likely N-dealkylation sites (N-methyl/N-ethyl adjacent to an activating group) is 1. The molecule has 1 fully saturated rings. The van der Waals surface area contributed by atoms with E-state index in [4.69, 9.17) is 0 Å². The van der Waals surface area contributed by atoms with E-state index in [0.717, 1.165) is 36.8 Å². The standard InChI is InChI=1S/C20H23NO2/c1-21(18-9-5-6-10-19(18)22)20(23)17-13-11-16(12-14-17)15-7-3-2-4-8-15/h2-4,7-8,11-14,18-19,22H,5-6,9-10H2,1H3/t18-,19-/m0/s1. The van der Waals surface area contributed by atoms with E-state index in [1.165, 1.54) is 0 Å². The lowest BCUT2D eigenvalue weighted by molar-refractivity contribution is 0.0268. The summed E-state index contributed by atoms with van der Waals surface area (Å²) in [5, 5.41) is 10.1. The Hall–Kier alpha value is -2.13. The minimum absolute atomic E-state index is 0.0180. The average molecular weight is 309 g/mol. The van der Waals surface area contributed by atoms with Crippen molar-refractivity contribution in [3.63, 3.8) is 0 Å². The third kappa shape index (κ3) is 3.45. The summed E-state index contributed by atoms with van der Waals surface area (Å²) in [6.07, 6.45) is 3.39. The van der Waals surface area contributed by atoms with E-state index in [1.54, 1.807) is 11.9 Å². The van der Waals surface area contributed by atoms with Gasteiger partial charge in [-0.15, -0.1) is 0 Å². The highest BCUT2D eigenvalue weighted by atomic mass is 16.3. The number of carbonyl (C=O) groups excluding carboxylic acids is 1. The highest BCUT2D eigenvalue weighted by molar-refractivity contribution is 5.94. The summed E-state index contributed by atoms with van der Waals surface area (Å²) in [6, 6.07) is 17.8. The Morgan fingerprint density at radius 3 is 2.22 bits per heavy atom. The quantitative estimate of drug-likeness (QED) is 0.938. The van der Waals surface area contributed by atoms with Crippen LogP contribution in [0.4, 0.5) is 0 Å². The number of amides is 1. The van der Waals surface area contributed by atoms with Gasteiger partial charge in [0, 0.05) is 12.6 Å². The molecule has 3 rings (SSSR count). The van der Waals surface area contributed by atoms with Crippen LogP contribution < -0.4 is 0 Å². The number of aliphatic hydroxyl groups is 1. The minimum atomic E-state index is -0.402. The lowest BCUT2D eigenvalue weighted by Gasteiger charge is -2.35. The van der Waals surface area contributed by atoms with Crippen molar-refractivity contribution in [1.82, 2.24) is 4.90 Å². The fraction of sp³-hybridized carbons (Fsp3) is 0.350. The first kappa shape index (κ1) is 15.8. The van der Waals surface area contributed by atoms with E-state index in [1.807, 2.05) is 42.5 Å². The Kier molecular flexibility index (Phi) is 4.77. The van der Waals surface area contributed by atoms with Gasteiger partial charge >= 0.3 is 0 Å². The van der Waals surface area contributed by atoms with Crippen LogP contribution in [-0.4, -0.2) is 35.1 Å². The largest absolute Gasteiger partial charge is 0.391 e. The second kappa shape index (κ2) is 6.97. The van der Waals surface area contributed by atoms with Crippen molar-refractivity contribution >= 4 is 5.91 Å². The first-order chi connectivity index (χ1) is 11.2. The SMILES string of the molecule is CN(C(=O)c1ccc(-c2ccccc2)cc1)[C@H]1CCCC[C@@H]1O. The molecule has 0 spiro atoms. The summed E-state index contributed by atoms with van der Waals surface area (Å²) in [7, 11) is 1.80. The van der Waals surface area contributed by atoms with Crippen molar-refractivity contribution in [2.45, 2.75) is 37.8 Å². The molecule has 2 aromatic carbocycles. The van der Waals surface area contributed by atoms with Gasteiger partial charge < -0.3 is 10.0 Å². The van der Waals surface area contributed by atoms with Gasteiger partial charge in [0.05, 0.1) is 12.1 Å². The zero-order valence-electron chi connectivity index (χ0n) is 13.5. The predicted octanol–water partition coefficient (Wildman–Crippen LogP) is 3.73. The average Bonchev–Trinajstić information content (AvgIpc) is 2.62.